The molecule has 1 fully saturated rings. The summed E-state index contributed by atoms with van der Waals surface area (Å²) < 4.78 is 0. The normalized spacial score (nSPS) is 26.2. The predicted octanol–water partition coefficient (Wildman–Crippen LogP) is 1.98. The van der Waals surface area contributed by atoms with Crippen molar-refractivity contribution in [3.8, 4) is 0 Å². The molecule has 1 aliphatic rings. The highest BCUT2D eigenvalue weighted by Crippen LogP contribution is 2.23. The molecule has 1 heterocycles. The molecule has 0 spiro atoms. The molecule has 1 aromatic rings. The predicted molar refractivity (Wildman–Crippen MR) is 59.7 cm³/mol. The van der Waals surface area contributed by atoms with Gasteiger partial charge in [0.2, 0.25) is 0 Å². The fraction of sp³-hybridized carbons (Fsp3) is 0.636. The second-order valence-corrected chi connectivity index (χ2v) is 5.53. The lowest BCUT2D eigenvalue weighted by atomic mass is 9.89. The molecule has 0 amide bonds. The number of aryl methyl sites for hydroxylation is 2. The molecule has 0 saturated heterocycles. The summed E-state index contributed by atoms with van der Waals surface area (Å²) in [6.45, 7) is 5.20. The first-order valence-electron chi connectivity index (χ1n) is 5.14. The van der Waals surface area contributed by atoms with Crippen LogP contribution in [-0.4, -0.2) is 17.3 Å². The highest BCUT2D eigenvalue weighted by molar-refractivity contribution is 7.12. The maximum absolute atomic E-state index is 9.40. The molecule has 1 aromatic heterocycles. The van der Waals surface area contributed by atoms with Crippen LogP contribution in [0.25, 0.3) is 0 Å². The Morgan fingerprint density at radius 3 is 2.71 bits per heavy atom. The molecular formula is C11H17NOS. The van der Waals surface area contributed by atoms with Crippen LogP contribution in [0.3, 0.4) is 0 Å². The zero-order valence-corrected chi connectivity index (χ0v) is 9.53. The number of hydrogen-bond donors (Lipinski definition) is 2. The van der Waals surface area contributed by atoms with Crippen molar-refractivity contribution in [1.82, 2.24) is 5.32 Å². The Bertz CT molecular complexity index is 321. The first-order chi connectivity index (χ1) is 6.66. The molecule has 1 saturated carbocycles. The molecule has 78 valence electrons. The highest BCUT2D eigenvalue weighted by atomic mass is 32.1. The summed E-state index contributed by atoms with van der Waals surface area (Å²) in [6.07, 6.45) is 1.96. The van der Waals surface area contributed by atoms with Crippen molar-refractivity contribution in [2.75, 3.05) is 0 Å². The number of aliphatic hydroxyl groups is 1. The van der Waals surface area contributed by atoms with Crippen LogP contribution in [0, 0.1) is 13.8 Å². The van der Waals surface area contributed by atoms with E-state index in [1.54, 1.807) is 0 Å². The number of nitrogens with one attached hydrogen (secondary N) is 1. The fourth-order valence-electron chi connectivity index (χ4n) is 1.82. The zero-order valence-electron chi connectivity index (χ0n) is 8.71. The second kappa shape index (κ2) is 4.01. The van der Waals surface area contributed by atoms with Crippen LogP contribution in [0.5, 0.6) is 0 Å². The van der Waals surface area contributed by atoms with Gasteiger partial charge < -0.3 is 10.4 Å². The Morgan fingerprint density at radius 2 is 2.29 bits per heavy atom. The minimum absolute atomic E-state index is 0.116. The van der Waals surface area contributed by atoms with Gasteiger partial charge in [0.25, 0.3) is 0 Å². The quantitative estimate of drug-likeness (QED) is 0.801. The third kappa shape index (κ3) is 2.00. The summed E-state index contributed by atoms with van der Waals surface area (Å²) in [5.41, 5.74) is 1.38. The Balaban J connectivity index is 1.88. The van der Waals surface area contributed by atoms with Crippen molar-refractivity contribution in [3.63, 3.8) is 0 Å². The molecule has 0 aromatic carbocycles. The maximum Gasteiger partial charge on any atom is 0.0693 e. The van der Waals surface area contributed by atoms with Gasteiger partial charge in [-0.05, 0) is 38.3 Å². The fourth-order valence-corrected chi connectivity index (χ4v) is 2.77. The molecule has 0 unspecified atom stereocenters. The van der Waals surface area contributed by atoms with Crippen LogP contribution < -0.4 is 5.32 Å². The van der Waals surface area contributed by atoms with Gasteiger partial charge in [-0.1, -0.05) is 0 Å². The molecule has 14 heavy (non-hydrogen) atoms. The van der Waals surface area contributed by atoms with Gasteiger partial charge in [0.05, 0.1) is 6.10 Å². The lowest BCUT2D eigenvalue weighted by Crippen LogP contribution is -2.47. The van der Waals surface area contributed by atoms with E-state index in [0.717, 1.165) is 19.4 Å². The average molecular weight is 211 g/mol. The van der Waals surface area contributed by atoms with Crippen LogP contribution in [0.2, 0.25) is 0 Å². The topological polar surface area (TPSA) is 32.3 Å². The third-order valence-corrected chi connectivity index (χ3v) is 3.94. The molecule has 2 nitrogen and oxygen atoms in total. The minimum atomic E-state index is -0.116. The molecule has 1 aliphatic carbocycles. The largest absolute Gasteiger partial charge is 0.392 e. The molecule has 0 aliphatic heterocycles. The molecule has 0 bridgehead atoms. The minimum Gasteiger partial charge on any atom is -0.392 e. The van der Waals surface area contributed by atoms with E-state index in [-0.39, 0.29) is 6.10 Å². The van der Waals surface area contributed by atoms with Gasteiger partial charge in [0.1, 0.15) is 0 Å². The van der Waals surface area contributed by atoms with Crippen molar-refractivity contribution in [2.45, 2.75) is 45.4 Å². The number of hydrogen-bond acceptors (Lipinski definition) is 3. The van der Waals surface area contributed by atoms with Gasteiger partial charge in [0, 0.05) is 22.3 Å². The summed E-state index contributed by atoms with van der Waals surface area (Å²) >= 11 is 1.84. The van der Waals surface area contributed by atoms with Crippen molar-refractivity contribution in [1.29, 1.82) is 0 Å². The van der Waals surface area contributed by atoms with Crippen molar-refractivity contribution < 1.29 is 5.11 Å². The Labute approximate surface area is 89.0 Å². The SMILES string of the molecule is Cc1cc(CN[C@@H]2CC[C@H]2O)c(C)s1. The third-order valence-electron chi connectivity index (χ3n) is 2.94. The van der Waals surface area contributed by atoms with E-state index in [9.17, 15) is 5.11 Å². The van der Waals surface area contributed by atoms with Crippen molar-refractivity contribution in [3.05, 3.63) is 21.4 Å². The van der Waals surface area contributed by atoms with Crippen LogP contribution in [-0.2, 0) is 6.54 Å². The first kappa shape index (κ1) is 10.1. The Hall–Kier alpha value is -0.380. The van der Waals surface area contributed by atoms with Crippen LogP contribution in [0.1, 0.15) is 28.2 Å². The number of rotatable bonds is 3. The zero-order chi connectivity index (χ0) is 10.1. The number of aliphatic hydroxyl groups excluding tert-OH is 1. The van der Waals surface area contributed by atoms with Crippen molar-refractivity contribution >= 4 is 11.3 Å². The van der Waals surface area contributed by atoms with E-state index in [2.05, 4.69) is 25.2 Å². The van der Waals surface area contributed by atoms with Gasteiger partial charge in [0.15, 0.2) is 0 Å². The highest BCUT2D eigenvalue weighted by Gasteiger charge is 2.27. The lowest BCUT2D eigenvalue weighted by molar-refractivity contribution is 0.0493. The average Bonchev–Trinajstić information content (AvgIpc) is 2.43. The van der Waals surface area contributed by atoms with E-state index in [1.807, 2.05) is 11.3 Å². The monoisotopic (exact) mass is 211 g/mol. The summed E-state index contributed by atoms with van der Waals surface area (Å²) in [7, 11) is 0. The van der Waals surface area contributed by atoms with Gasteiger partial charge in [-0.15, -0.1) is 11.3 Å². The van der Waals surface area contributed by atoms with E-state index in [0.29, 0.717) is 6.04 Å². The maximum atomic E-state index is 9.40. The standard InChI is InChI=1S/C11H17NOS/c1-7-5-9(8(2)14-7)6-12-10-3-4-11(10)13/h5,10-13H,3-4,6H2,1-2H3/t10-,11-/m1/s1. The van der Waals surface area contributed by atoms with Crippen molar-refractivity contribution in [2.24, 2.45) is 0 Å². The van der Waals surface area contributed by atoms with Crippen LogP contribution in [0.15, 0.2) is 6.07 Å². The first-order valence-corrected chi connectivity index (χ1v) is 5.96. The molecule has 2 rings (SSSR count). The smallest absolute Gasteiger partial charge is 0.0693 e. The molecule has 2 N–H and O–H groups in total. The van der Waals surface area contributed by atoms with E-state index in [1.165, 1.54) is 15.3 Å². The number of thiophene rings is 1. The molecular weight excluding hydrogens is 194 g/mol. The van der Waals surface area contributed by atoms with Gasteiger partial charge in [-0.25, -0.2) is 0 Å². The van der Waals surface area contributed by atoms with E-state index in [4.69, 9.17) is 0 Å². The molecule has 3 heteroatoms. The van der Waals surface area contributed by atoms with Crippen LogP contribution in [0.4, 0.5) is 0 Å². The van der Waals surface area contributed by atoms with E-state index < -0.39 is 0 Å². The Kier molecular flexibility index (Phi) is 2.91. The lowest BCUT2D eigenvalue weighted by Gasteiger charge is -2.33. The van der Waals surface area contributed by atoms with Gasteiger partial charge in [-0.2, -0.15) is 0 Å². The molecule has 0 radical (unpaired) electrons. The van der Waals surface area contributed by atoms with E-state index >= 15 is 0 Å². The van der Waals surface area contributed by atoms with Gasteiger partial charge >= 0.3 is 0 Å². The summed E-state index contributed by atoms with van der Waals surface area (Å²) in [4.78, 5) is 2.76. The van der Waals surface area contributed by atoms with Gasteiger partial charge in [-0.3, -0.25) is 0 Å². The molecule has 2 atom stereocenters. The summed E-state index contributed by atoms with van der Waals surface area (Å²) in [6, 6.07) is 2.56. The van der Waals surface area contributed by atoms with Crippen LogP contribution >= 0.6 is 11.3 Å². The summed E-state index contributed by atoms with van der Waals surface area (Å²) in [5.74, 6) is 0. The second-order valence-electron chi connectivity index (χ2n) is 4.07. The summed E-state index contributed by atoms with van der Waals surface area (Å²) in [5, 5.41) is 12.8. The Morgan fingerprint density at radius 1 is 1.50 bits per heavy atom.